The van der Waals surface area contributed by atoms with Crippen molar-refractivity contribution in [2.75, 3.05) is 27.9 Å². The second-order valence-electron chi connectivity index (χ2n) is 2.75. The quantitative estimate of drug-likeness (QED) is 0.643. The molecule has 0 amide bonds. The van der Waals surface area contributed by atoms with Gasteiger partial charge in [0.1, 0.15) is 12.2 Å². The van der Waals surface area contributed by atoms with Crippen molar-refractivity contribution in [1.29, 1.82) is 0 Å². The molecule has 1 aliphatic rings. The van der Waals surface area contributed by atoms with Gasteiger partial charge in [0.2, 0.25) is 0 Å². The third-order valence-electron chi connectivity index (χ3n) is 2.14. The molecule has 1 N–H and O–H groups in total. The number of nitrogens with one attached hydrogen (secondary N) is 1. The fourth-order valence-corrected chi connectivity index (χ4v) is 1.43. The van der Waals surface area contributed by atoms with Crippen molar-refractivity contribution < 1.29 is 14.2 Å². The van der Waals surface area contributed by atoms with Crippen LogP contribution in [0.5, 0.6) is 0 Å². The maximum Gasteiger partial charge on any atom is 0.112 e. The molecule has 1 aliphatic heterocycles. The maximum atomic E-state index is 5.28. The summed E-state index contributed by atoms with van der Waals surface area (Å²) in [5.74, 6) is 0. The van der Waals surface area contributed by atoms with E-state index in [2.05, 4.69) is 5.32 Å². The molecule has 1 fully saturated rings. The number of rotatable bonds is 3. The second-order valence-corrected chi connectivity index (χ2v) is 2.75. The summed E-state index contributed by atoms with van der Waals surface area (Å²) in [6, 6.07) is 0. The Balaban J connectivity index is 2.52. The molecule has 3 unspecified atom stereocenters. The zero-order valence-corrected chi connectivity index (χ0v) is 7.74. The number of piperidine rings is 1. The fourth-order valence-electron chi connectivity index (χ4n) is 1.43. The van der Waals surface area contributed by atoms with Gasteiger partial charge in [-0.05, 0) is 0 Å². The lowest BCUT2D eigenvalue weighted by molar-refractivity contribution is -0.109. The van der Waals surface area contributed by atoms with Crippen molar-refractivity contribution >= 4 is 0 Å². The highest BCUT2D eigenvalue weighted by atomic mass is 16.6. The molecular weight excluding hydrogens is 158 g/mol. The van der Waals surface area contributed by atoms with Crippen molar-refractivity contribution in [2.24, 2.45) is 0 Å². The maximum absolute atomic E-state index is 5.28. The Morgan fingerprint density at radius 2 is 1.92 bits per heavy atom. The molecule has 1 radical (unpaired) electrons. The minimum atomic E-state index is -0.0336. The van der Waals surface area contributed by atoms with E-state index in [4.69, 9.17) is 14.2 Å². The standard InChI is InChI=1S/C8H16NO3/c1-10-6-4-9-5-7(11-2)8(6)12-3/h4,6-9H,5H2,1-3H3. The van der Waals surface area contributed by atoms with E-state index in [9.17, 15) is 0 Å². The average Bonchev–Trinajstić information content (AvgIpc) is 2.16. The van der Waals surface area contributed by atoms with Gasteiger partial charge in [0.05, 0.1) is 12.6 Å². The lowest BCUT2D eigenvalue weighted by Crippen LogP contribution is -2.53. The number of methoxy groups -OCH3 is 3. The molecule has 0 bridgehead atoms. The smallest absolute Gasteiger partial charge is 0.112 e. The van der Waals surface area contributed by atoms with E-state index < -0.39 is 0 Å². The highest BCUT2D eigenvalue weighted by Gasteiger charge is 2.33. The monoisotopic (exact) mass is 174 g/mol. The summed E-state index contributed by atoms with van der Waals surface area (Å²) in [5, 5.41) is 3.10. The molecule has 0 spiro atoms. The summed E-state index contributed by atoms with van der Waals surface area (Å²) in [4.78, 5) is 0. The van der Waals surface area contributed by atoms with Gasteiger partial charge in [-0.25, -0.2) is 0 Å². The van der Waals surface area contributed by atoms with Crippen molar-refractivity contribution in [1.82, 2.24) is 5.32 Å². The van der Waals surface area contributed by atoms with Gasteiger partial charge in [-0.1, -0.05) is 0 Å². The highest BCUT2D eigenvalue weighted by molar-refractivity contribution is 4.94. The normalized spacial score (nSPS) is 36.8. The van der Waals surface area contributed by atoms with Crippen LogP contribution in [-0.4, -0.2) is 46.2 Å². The van der Waals surface area contributed by atoms with Crippen LogP contribution in [-0.2, 0) is 14.2 Å². The van der Waals surface area contributed by atoms with Gasteiger partial charge in [0.15, 0.2) is 0 Å². The molecule has 0 aromatic carbocycles. The van der Waals surface area contributed by atoms with Crippen LogP contribution in [0.4, 0.5) is 0 Å². The first-order valence-electron chi connectivity index (χ1n) is 3.98. The van der Waals surface area contributed by atoms with Crippen molar-refractivity contribution in [3.05, 3.63) is 6.54 Å². The second kappa shape index (κ2) is 4.77. The first-order chi connectivity index (χ1) is 5.83. The molecule has 71 valence electrons. The zero-order valence-electron chi connectivity index (χ0n) is 7.74. The minimum absolute atomic E-state index is 0.0127. The van der Waals surface area contributed by atoms with E-state index >= 15 is 0 Å². The van der Waals surface area contributed by atoms with E-state index in [1.54, 1.807) is 21.3 Å². The average molecular weight is 174 g/mol. The van der Waals surface area contributed by atoms with Gasteiger partial charge in [-0.2, -0.15) is 0 Å². The molecular formula is C8H16NO3. The topological polar surface area (TPSA) is 39.7 Å². The fraction of sp³-hybridized carbons (Fsp3) is 0.875. The molecule has 3 atom stereocenters. The summed E-state index contributed by atoms with van der Waals surface area (Å²) in [5.41, 5.74) is 0. The molecule has 4 nitrogen and oxygen atoms in total. The van der Waals surface area contributed by atoms with E-state index in [0.717, 1.165) is 6.54 Å². The van der Waals surface area contributed by atoms with Crippen LogP contribution in [0.1, 0.15) is 0 Å². The first-order valence-corrected chi connectivity index (χ1v) is 3.98. The lowest BCUT2D eigenvalue weighted by atomic mass is 10.0. The van der Waals surface area contributed by atoms with Crippen LogP contribution >= 0.6 is 0 Å². The Morgan fingerprint density at radius 1 is 1.17 bits per heavy atom. The van der Waals surface area contributed by atoms with Crippen LogP contribution < -0.4 is 5.32 Å². The number of hydrogen-bond acceptors (Lipinski definition) is 4. The Bertz CT molecular complexity index is 119. The van der Waals surface area contributed by atoms with E-state index in [1.807, 2.05) is 6.54 Å². The number of ether oxygens (including phenoxy) is 3. The lowest BCUT2D eigenvalue weighted by Gasteiger charge is -2.35. The third-order valence-corrected chi connectivity index (χ3v) is 2.14. The van der Waals surface area contributed by atoms with Crippen molar-refractivity contribution in [3.63, 3.8) is 0 Å². The molecule has 1 heterocycles. The largest absolute Gasteiger partial charge is 0.377 e. The molecule has 0 aromatic rings. The first kappa shape index (κ1) is 9.92. The Kier molecular flexibility index (Phi) is 3.94. The predicted octanol–water partition coefficient (Wildman–Crippen LogP) is -0.204. The van der Waals surface area contributed by atoms with Crippen molar-refractivity contribution in [3.8, 4) is 0 Å². The SMILES string of the molecule is COC1[CH]NCC(OC)C1OC. The van der Waals surface area contributed by atoms with Crippen LogP contribution in [0, 0.1) is 6.54 Å². The van der Waals surface area contributed by atoms with Crippen LogP contribution in [0.15, 0.2) is 0 Å². The molecule has 1 rings (SSSR count). The summed E-state index contributed by atoms with van der Waals surface area (Å²) in [6.07, 6.45) is 0.0138. The van der Waals surface area contributed by atoms with E-state index in [0.29, 0.717) is 0 Å². The van der Waals surface area contributed by atoms with Crippen LogP contribution in [0.25, 0.3) is 0 Å². The summed E-state index contributed by atoms with van der Waals surface area (Å²) in [7, 11) is 5.01. The van der Waals surface area contributed by atoms with Gasteiger partial charge in [0, 0.05) is 27.9 Å². The Labute approximate surface area is 73.2 Å². The van der Waals surface area contributed by atoms with Crippen molar-refractivity contribution in [2.45, 2.75) is 18.3 Å². The van der Waals surface area contributed by atoms with Crippen LogP contribution in [0.2, 0.25) is 0 Å². The van der Waals surface area contributed by atoms with Gasteiger partial charge < -0.3 is 19.5 Å². The zero-order chi connectivity index (χ0) is 8.97. The Morgan fingerprint density at radius 3 is 2.42 bits per heavy atom. The summed E-state index contributed by atoms with van der Waals surface area (Å²) < 4.78 is 15.7. The van der Waals surface area contributed by atoms with Gasteiger partial charge >= 0.3 is 0 Å². The molecule has 0 aromatic heterocycles. The molecule has 1 saturated heterocycles. The van der Waals surface area contributed by atoms with Crippen LogP contribution in [0.3, 0.4) is 0 Å². The van der Waals surface area contributed by atoms with Gasteiger partial charge in [-0.15, -0.1) is 0 Å². The highest BCUT2D eigenvalue weighted by Crippen LogP contribution is 2.15. The number of hydrogen-bond donors (Lipinski definition) is 1. The van der Waals surface area contributed by atoms with E-state index in [1.165, 1.54) is 0 Å². The van der Waals surface area contributed by atoms with Gasteiger partial charge in [0.25, 0.3) is 0 Å². The minimum Gasteiger partial charge on any atom is -0.377 e. The summed E-state index contributed by atoms with van der Waals surface area (Å²) >= 11 is 0. The molecule has 4 heteroatoms. The van der Waals surface area contributed by atoms with Gasteiger partial charge in [-0.3, -0.25) is 0 Å². The Hall–Kier alpha value is -0.160. The third kappa shape index (κ3) is 1.95. The molecule has 0 saturated carbocycles. The summed E-state index contributed by atoms with van der Waals surface area (Å²) in [6.45, 7) is 2.67. The molecule has 0 aliphatic carbocycles. The predicted molar refractivity (Wildman–Crippen MR) is 44.7 cm³/mol. The van der Waals surface area contributed by atoms with E-state index in [-0.39, 0.29) is 18.3 Å². The molecule has 12 heavy (non-hydrogen) atoms.